The summed E-state index contributed by atoms with van der Waals surface area (Å²) in [5.41, 5.74) is 0.290. The number of hydrogen-bond acceptors (Lipinski definition) is 3. The van der Waals surface area contributed by atoms with Crippen LogP contribution in [0.4, 0.5) is 0 Å². The van der Waals surface area contributed by atoms with E-state index in [1.165, 1.54) is 0 Å². The van der Waals surface area contributed by atoms with Gasteiger partial charge in [-0.05, 0) is 32.0 Å². The minimum absolute atomic E-state index is 0.265. The molecule has 0 bridgehead atoms. The van der Waals surface area contributed by atoms with Crippen LogP contribution in [-0.4, -0.2) is 50.3 Å². The Kier molecular flexibility index (Phi) is 6.33. The van der Waals surface area contributed by atoms with E-state index >= 15 is 0 Å². The van der Waals surface area contributed by atoms with Crippen molar-refractivity contribution in [3.63, 3.8) is 0 Å². The van der Waals surface area contributed by atoms with Crippen LogP contribution >= 0.6 is 0 Å². The van der Waals surface area contributed by atoms with Crippen molar-refractivity contribution < 1.29 is 5.11 Å². The lowest BCUT2D eigenvalue weighted by molar-refractivity contribution is 0.209. The zero-order valence-electron chi connectivity index (χ0n) is 10.3. The van der Waals surface area contributed by atoms with E-state index in [0.29, 0.717) is 11.3 Å². The van der Waals surface area contributed by atoms with E-state index in [4.69, 9.17) is 5.11 Å². The van der Waals surface area contributed by atoms with Crippen molar-refractivity contribution >= 4 is 0 Å². The molecule has 0 spiro atoms. The van der Waals surface area contributed by atoms with Gasteiger partial charge in [0.1, 0.15) is 0 Å². The van der Waals surface area contributed by atoms with Crippen LogP contribution < -0.4 is 5.32 Å². The zero-order valence-corrected chi connectivity index (χ0v) is 10.3. The molecular weight excluding hydrogens is 176 g/mol. The molecule has 0 saturated carbocycles. The lowest BCUT2D eigenvalue weighted by Gasteiger charge is -2.29. The maximum absolute atomic E-state index is 8.86. The Hall–Kier alpha value is -0.120. The molecule has 2 N–H and O–H groups in total. The maximum Gasteiger partial charge on any atom is 0.0468 e. The Morgan fingerprint density at radius 3 is 2.36 bits per heavy atom. The van der Waals surface area contributed by atoms with Crippen LogP contribution in [0.25, 0.3) is 0 Å². The Bertz CT molecular complexity index is 146. The number of aliphatic hydroxyl groups is 1. The lowest BCUT2D eigenvalue weighted by Crippen LogP contribution is -2.39. The first kappa shape index (κ1) is 13.9. The molecule has 3 heteroatoms. The topological polar surface area (TPSA) is 35.5 Å². The first-order chi connectivity index (χ1) is 6.37. The highest BCUT2D eigenvalue weighted by atomic mass is 16.3. The monoisotopic (exact) mass is 202 g/mol. The first-order valence-corrected chi connectivity index (χ1v) is 5.33. The Labute approximate surface area is 88.5 Å². The van der Waals surface area contributed by atoms with Gasteiger partial charge in [0.2, 0.25) is 0 Å². The van der Waals surface area contributed by atoms with Crippen molar-refractivity contribution in [1.29, 1.82) is 0 Å². The zero-order chi connectivity index (χ0) is 11.2. The molecule has 0 fully saturated rings. The number of hydrogen-bond donors (Lipinski definition) is 2. The molecule has 0 saturated heterocycles. The SMILES string of the molecule is CC(CO)CNCC(C)(C)CN(C)C. The summed E-state index contributed by atoms with van der Waals surface area (Å²) in [5, 5.41) is 12.3. The summed E-state index contributed by atoms with van der Waals surface area (Å²) in [4.78, 5) is 2.21. The van der Waals surface area contributed by atoms with Gasteiger partial charge in [0.15, 0.2) is 0 Å². The molecule has 0 aromatic heterocycles. The van der Waals surface area contributed by atoms with Crippen molar-refractivity contribution in [3.8, 4) is 0 Å². The van der Waals surface area contributed by atoms with Crippen molar-refractivity contribution in [1.82, 2.24) is 10.2 Å². The highest BCUT2D eigenvalue weighted by Gasteiger charge is 2.18. The fraction of sp³-hybridized carbons (Fsp3) is 1.00. The highest BCUT2D eigenvalue weighted by Crippen LogP contribution is 2.14. The van der Waals surface area contributed by atoms with Gasteiger partial charge in [-0.2, -0.15) is 0 Å². The molecule has 1 unspecified atom stereocenters. The maximum atomic E-state index is 8.86. The second-order valence-corrected chi connectivity index (χ2v) is 5.32. The van der Waals surface area contributed by atoms with Crippen LogP contribution in [0.1, 0.15) is 20.8 Å². The largest absolute Gasteiger partial charge is 0.396 e. The molecule has 0 aliphatic carbocycles. The van der Waals surface area contributed by atoms with Crippen LogP contribution in [0.2, 0.25) is 0 Å². The van der Waals surface area contributed by atoms with Gasteiger partial charge in [0.05, 0.1) is 0 Å². The molecule has 0 aromatic rings. The summed E-state index contributed by atoms with van der Waals surface area (Å²) in [6, 6.07) is 0. The normalized spacial score (nSPS) is 14.8. The standard InChI is InChI=1S/C11H26N2O/c1-10(7-14)6-12-8-11(2,3)9-13(4)5/h10,12,14H,6-9H2,1-5H3. The van der Waals surface area contributed by atoms with Crippen LogP contribution in [-0.2, 0) is 0 Å². The van der Waals surface area contributed by atoms with Crippen LogP contribution in [0, 0.1) is 11.3 Å². The molecule has 0 aliphatic heterocycles. The van der Waals surface area contributed by atoms with Gasteiger partial charge in [-0.3, -0.25) is 0 Å². The predicted octanol–water partition coefficient (Wildman–Crippen LogP) is 0.792. The van der Waals surface area contributed by atoms with Crippen LogP contribution in [0.3, 0.4) is 0 Å². The van der Waals surface area contributed by atoms with Gasteiger partial charge in [-0.25, -0.2) is 0 Å². The van der Waals surface area contributed by atoms with Gasteiger partial charge in [-0.15, -0.1) is 0 Å². The fourth-order valence-corrected chi connectivity index (χ4v) is 1.63. The molecule has 0 aromatic carbocycles. The van der Waals surface area contributed by atoms with Crippen LogP contribution in [0.15, 0.2) is 0 Å². The summed E-state index contributed by atoms with van der Waals surface area (Å²) in [6.07, 6.45) is 0. The summed E-state index contributed by atoms with van der Waals surface area (Å²) in [6.45, 7) is 9.79. The minimum atomic E-state index is 0.265. The summed E-state index contributed by atoms with van der Waals surface area (Å²) in [5.74, 6) is 0.352. The van der Waals surface area contributed by atoms with E-state index in [2.05, 4.69) is 38.2 Å². The number of nitrogens with one attached hydrogen (secondary N) is 1. The van der Waals surface area contributed by atoms with Gasteiger partial charge in [0.25, 0.3) is 0 Å². The van der Waals surface area contributed by atoms with Crippen molar-refractivity contribution in [2.75, 3.05) is 40.3 Å². The van der Waals surface area contributed by atoms with E-state index < -0.39 is 0 Å². The van der Waals surface area contributed by atoms with Gasteiger partial charge in [-0.1, -0.05) is 20.8 Å². The lowest BCUT2D eigenvalue weighted by atomic mass is 9.93. The number of nitrogens with zero attached hydrogens (tertiary/aromatic N) is 1. The van der Waals surface area contributed by atoms with E-state index in [1.54, 1.807) is 0 Å². The summed E-state index contributed by atoms with van der Waals surface area (Å²) in [7, 11) is 4.19. The average molecular weight is 202 g/mol. The minimum Gasteiger partial charge on any atom is -0.396 e. The van der Waals surface area contributed by atoms with Crippen molar-refractivity contribution in [2.24, 2.45) is 11.3 Å². The molecule has 3 nitrogen and oxygen atoms in total. The molecule has 0 rings (SSSR count). The van der Waals surface area contributed by atoms with E-state index in [1.807, 2.05) is 6.92 Å². The quantitative estimate of drug-likeness (QED) is 0.641. The molecular formula is C11H26N2O. The van der Waals surface area contributed by atoms with Gasteiger partial charge >= 0.3 is 0 Å². The van der Waals surface area contributed by atoms with E-state index in [0.717, 1.165) is 19.6 Å². The number of rotatable bonds is 7. The van der Waals surface area contributed by atoms with Crippen LogP contribution in [0.5, 0.6) is 0 Å². The Morgan fingerprint density at radius 1 is 1.36 bits per heavy atom. The molecule has 0 heterocycles. The smallest absolute Gasteiger partial charge is 0.0468 e. The second kappa shape index (κ2) is 6.38. The fourth-order valence-electron chi connectivity index (χ4n) is 1.63. The van der Waals surface area contributed by atoms with Crippen molar-refractivity contribution in [3.05, 3.63) is 0 Å². The third kappa shape index (κ3) is 7.30. The van der Waals surface area contributed by atoms with E-state index in [9.17, 15) is 0 Å². The van der Waals surface area contributed by atoms with Gasteiger partial charge in [0, 0.05) is 19.7 Å². The van der Waals surface area contributed by atoms with E-state index in [-0.39, 0.29) is 6.61 Å². The molecule has 14 heavy (non-hydrogen) atoms. The van der Waals surface area contributed by atoms with Crippen molar-refractivity contribution in [2.45, 2.75) is 20.8 Å². The van der Waals surface area contributed by atoms with Gasteiger partial charge < -0.3 is 15.3 Å². The molecule has 0 amide bonds. The summed E-state index contributed by atoms with van der Waals surface area (Å²) < 4.78 is 0. The highest BCUT2D eigenvalue weighted by molar-refractivity contribution is 4.74. The Morgan fingerprint density at radius 2 is 1.93 bits per heavy atom. The molecule has 86 valence electrons. The number of aliphatic hydroxyl groups excluding tert-OH is 1. The molecule has 0 aliphatic rings. The average Bonchev–Trinajstić information content (AvgIpc) is 2.01. The predicted molar refractivity (Wildman–Crippen MR) is 61.5 cm³/mol. The first-order valence-electron chi connectivity index (χ1n) is 5.33. The third-order valence-corrected chi connectivity index (χ3v) is 2.15. The summed E-state index contributed by atoms with van der Waals surface area (Å²) >= 11 is 0. The molecule has 1 atom stereocenters. The molecule has 0 radical (unpaired) electrons. The third-order valence-electron chi connectivity index (χ3n) is 2.15. The Balaban J connectivity index is 3.65. The second-order valence-electron chi connectivity index (χ2n) is 5.32.